The molecule has 0 saturated carbocycles. The second kappa shape index (κ2) is 5.68. The summed E-state index contributed by atoms with van der Waals surface area (Å²) in [6.45, 7) is -0.336. The molecule has 0 bridgehead atoms. The zero-order valence-electron chi connectivity index (χ0n) is 13.8. The van der Waals surface area contributed by atoms with Gasteiger partial charge in [0.2, 0.25) is 0 Å². The molecule has 4 rings (SSSR count). The first-order valence-electron chi connectivity index (χ1n) is 7.92. The first-order chi connectivity index (χ1) is 12.3. The monoisotopic (exact) mass is 376 g/mol. The molecule has 0 aliphatic carbocycles. The number of carboxylic acid groups (broad SMARTS) is 1. The van der Waals surface area contributed by atoms with Crippen LogP contribution in [0.2, 0.25) is 0 Å². The number of carbonyl (C=O) groups is 2. The number of rotatable bonds is 4. The number of fused-ring (bicyclic) bond motifs is 3. The summed E-state index contributed by atoms with van der Waals surface area (Å²) in [6.07, 6.45) is 0.479. The van der Waals surface area contributed by atoms with Crippen LogP contribution >= 0.6 is 0 Å². The maximum atomic E-state index is 12.6. The van der Waals surface area contributed by atoms with E-state index < -0.39 is 33.2 Å². The van der Waals surface area contributed by atoms with Crippen molar-refractivity contribution in [3.05, 3.63) is 42.1 Å². The number of carbonyl (C=O) groups excluding carboxylic acids is 1. The Morgan fingerprint density at radius 1 is 1.31 bits per heavy atom. The topological polar surface area (TPSA) is 106 Å². The molecule has 1 amide bonds. The highest BCUT2D eigenvalue weighted by Crippen LogP contribution is 2.47. The van der Waals surface area contributed by atoms with E-state index in [-0.39, 0.29) is 12.3 Å². The summed E-state index contributed by atoms with van der Waals surface area (Å²) in [5.74, 6) is -1.76. The SMILES string of the molecule is COC1C(=O)N2c3c(cn(CC(=O)O)c3-c3ccccc3)CS(=O)(=O)C12. The molecule has 1 fully saturated rings. The molecule has 2 atom stereocenters. The van der Waals surface area contributed by atoms with Crippen molar-refractivity contribution in [1.29, 1.82) is 0 Å². The predicted octanol–water partition coefficient (Wildman–Crippen LogP) is 0.856. The Bertz CT molecular complexity index is 1010. The van der Waals surface area contributed by atoms with Gasteiger partial charge in [0.15, 0.2) is 21.3 Å². The van der Waals surface area contributed by atoms with E-state index in [9.17, 15) is 23.1 Å². The standard InChI is InChI=1S/C17H16N2O6S/c1-25-15-16(22)19-14-11(9-26(23,24)17(15)19)7-18(8-12(20)21)13(14)10-5-3-2-4-6-10/h2-7,15,17H,8-9H2,1H3,(H,20,21). The van der Waals surface area contributed by atoms with Gasteiger partial charge in [0.05, 0.1) is 17.1 Å². The van der Waals surface area contributed by atoms with E-state index in [1.54, 1.807) is 24.3 Å². The molecule has 2 aliphatic heterocycles. The maximum Gasteiger partial charge on any atom is 0.323 e. The second-order valence-electron chi connectivity index (χ2n) is 6.30. The van der Waals surface area contributed by atoms with Crippen LogP contribution in [0.1, 0.15) is 5.56 Å². The second-order valence-corrected chi connectivity index (χ2v) is 8.40. The van der Waals surface area contributed by atoms with Crippen LogP contribution in [-0.4, -0.2) is 48.6 Å². The summed E-state index contributed by atoms with van der Waals surface area (Å²) < 4.78 is 31.7. The number of methoxy groups -OCH3 is 1. The highest BCUT2D eigenvalue weighted by molar-refractivity contribution is 7.91. The van der Waals surface area contributed by atoms with Gasteiger partial charge in [0, 0.05) is 24.4 Å². The van der Waals surface area contributed by atoms with E-state index in [4.69, 9.17) is 4.74 Å². The van der Waals surface area contributed by atoms with Gasteiger partial charge in [-0.25, -0.2) is 8.42 Å². The van der Waals surface area contributed by atoms with E-state index in [0.717, 1.165) is 0 Å². The van der Waals surface area contributed by atoms with Gasteiger partial charge in [-0.3, -0.25) is 14.5 Å². The average Bonchev–Trinajstić information content (AvgIpc) is 2.89. The molecule has 9 heteroatoms. The van der Waals surface area contributed by atoms with Crippen LogP contribution in [0.25, 0.3) is 11.3 Å². The highest BCUT2D eigenvalue weighted by Gasteiger charge is 2.59. The van der Waals surface area contributed by atoms with E-state index in [1.165, 1.54) is 22.8 Å². The largest absolute Gasteiger partial charge is 0.480 e. The molecule has 0 radical (unpaired) electrons. The zero-order chi connectivity index (χ0) is 18.6. The Balaban J connectivity index is 1.96. The van der Waals surface area contributed by atoms with Crippen LogP contribution in [0.3, 0.4) is 0 Å². The third-order valence-corrected chi connectivity index (χ3v) is 6.60. The van der Waals surface area contributed by atoms with Gasteiger partial charge in [0.1, 0.15) is 6.54 Å². The minimum atomic E-state index is -3.63. The molecular formula is C17H16N2O6S. The number of amides is 1. The fourth-order valence-electron chi connectivity index (χ4n) is 3.69. The average molecular weight is 376 g/mol. The smallest absolute Gasteiger partial charge is 0.323 e. The number of anilines is 1. The van der Waals surface area contributed by atoms with Crippen LogP contribution in [0.5, 0.6) is 0 Å². The van der Waals surface area contributed by atoms with E-state index >= 15 is 0 Å². The predicted molar refractivity (Wildman–Crippen MR) is 92.2 cm³/mol. The van der Waals surface area contributed by atoms with E-state index in [1.807, 2.05) is 6.07 Å². The quantitative estimate of drug-likeness (QED) is 0.793. The number of hydrogen-bond acceptors (Lipinski definition) is 5. The zero-order valence-corrected chi connectivity index (χ0v) is 14.6. The Morgan fingerprint density at radius 2 is 2.00 bits per heavy atom. The van der Waals surface area contributed by atoms with Crippen LogP contribution in [0.4, 0.5) is 5.69 Å². The van der Waals surface area contributed by atoms with Gasteiger partial charge in [0.25, 0.3) is 5.91 Å². The van der Waals surface area contributed by atoms with Crippen LogP contribution in [0, 0.1) is 0 Å². The molecule has 3 heterocycles. The van der Waals surface area contributed by atoms with Gasteiger partial charge < -0.3 is 14.4 Å². The molecule has 1 aromatic carbocycles. The lowest BCUT2D eigenvalue weighted by Crippen LogP contribution is -2.70. The van der Waals surface area contributed by atoms with Crippen molar-refractivity contribution in [3.63, 3.8) is 0 Å². The van der Waals surface area contributed by atoms with E-state index in [2.05, 4.69) is 0 Å². The summed E-state index contributed by atoms with van der Waals surface area (Å²) in [4.78, 5) is 25.0. The normalized spacial score (nSPS) is 23.1. The van der Waals surface area contributed by atoms with Gasteiger partial charge in [-0.1, -0.05) is 30.3 Å². The molecule has 1 N–H and O–H groups in total. The Kier molecular flexibility index (Phi) is 3.67. The van der Waals surface area contributed by atoms with Crippen molar-refractivity contribution in [2.45, 2.75) is 23.8 Å². The number of aromatic nitrogens is 1. The van der Waals surface area contributed by atoms with E-state index in [0.29, 0.717) is 22.5 Å². The molecule has 1 aromatic heterocycles. The maximum absolute atomic E-state index is 12.6. The van der Waals surface area contributed by atoms with Crippen molar-refractivity contribution >= 4 is 27.4 Å². The van der Waals surface area contributed by atoms with Gasteiger partial charge >= 0.3 is 5.97 Å². The number of aliphatic carboxylic acids is 1. The lowest BCUT2D eigenvalue weighted by atomic mass is 10.0. The molecule has 0 spiro atoms. The van der Waals surface area contributed by atoms with Gasteiger partial charge in [-0.15, -0.1) is 0 Å². The summed E-state index contributed by atoms with van der Waals surface area (Å²) in [5, 5.41) is 8.15. The molecule has 136 valence electrons. The number of sulfone groups is 1. The molecule has 8 nitrogen and oxygen atoms in total. The highest BCUT2D eigenvalue weighted by atomic mass is 32.2. The minimum Gasteiger partial charge on any atom is -0.480 e. The Labute approximate surface area is 149 Å². The molecule has 26 heavy (non-hydrogen) atoms. The molecular weight excluding hydrogens is 360 g/mol. The van der Waals surface area contributed by atoms with Crippen molar-refractivity contribution in [3.8, 4) is 11.3 Å². The first kappa shape index (κ1) is 16.8. The number of hydrogen-bond donors (Lipinski definition) is 1. The number of carboxylic acids is 1. The van der Waals surface area contributed by atoms with Gasteiger partial charge in [-0.2, -0.15) is 0 Å². The lowest BCUT2D eigenvalue weighted by molar-refractivity contribution is -0.137. The molecule has 1 saturated heterocycles. The van der Waals surface area contributed by atoms with Gasteiger partial charge in [-0.05, 0) is 0 Å². The molecule has 2 unspecified atom stereocenters. The molecule has 2 aliphatic rings. The van der Waals surface area contributed by atoms with Crippen molar-refractivity contribution in [2.75, 3.05) is 12.0 Å². The fourth-order valence-corrected chi connectivity index (χ4v) is 5.64. The first-order valence-corrected chi connectivity index (χ1v) is 9.63. The third-order valence-electron chi connectivity index (χ3n) is 4.69. The van der Waals surface area contributed by atoms with Crippen LogP contribution in [-0.2, 0) is 36.5 Å². The van der Waals surface area contributed by atoms with Crippen LogP contribution < -0.4 is 4.90 Å². The minimum absolute atomic E-state index is 0.261. The van der Waals surface area contributed by atoms with Crippen molar-refractivity contribution in [2.24, 2.45) is 0 Å². The van der Waals surface area contributed by atoms with Crippen molar-refractivity contribution < 1.29 is 27.9 Å². The fraction of sp³-hybridized carbons (Fsp3) is 0.294. The number of benzene rings is 1. The summed E-state index contributed by atoms with van der Waals surface area (Å²) in [7, 11) is -2.32. The number of β-lactam (4-membered cyclic amide) rings is 1. The number of ether oxygens (including phenoxy) is 1. The summed E-state index contributed by atoms with van der Waals surface area (Å²) in [5.41, 5.74) is 2.10. The summed E-state index contributed by atoms with van der Waals surface area (Å²) >= 11 is 0. The molecule has 2 aromatic rings. The van der Waals surface area contributed by atoms with Crippen molar-refractivity contribution in [1.82, 2.24) is 4.57 Å². The number of nitrogens with zero attached hydrogens (tertiary/aromatic N) is 2. The Hall–Kier alpha value is -2.65. The van der Waals surface area contributed by atoms with Crippen LogP contribution in [0.15, 0.2) is 36.5 Å². The lowest BCUT2D eigenvalue weighted by Gasteiger charge is -2.47. The summed E-state index contributed by atoms with van der Waals surface area (Å²) in [6, 6.07) is 9.01. The third kappa shape index (κ3) is 2.27. The Morgan fingerprint density at radius 3 is 2.62 bits per heavy atom.